The number of carboxylic acids is 1. The number of thiophene rings is 1. The first kappa shape index (κ1) is 54.7. The first-order chi connectivity index (χ1) is 33.2. The highest BCUT2D eigenvalue weighted by molar-refractivity contribution is 8.21. The number of imidazole rings is 1. The topological polar surface area (TPSA) is 259 Å². The van der Waals surface area contributed by atoms with Crippen molar-refractivity contribution in [3.8, 4) is 16.2 Å². The molecule has 3 amide bonds. The molecule has 2 aromatic heterocycles. The predicted octanol–water partition coefficient (Wildman–Crippen LogP) is 8.69. The van der Waals surface area contributed by atoms with Gasteiger partial charge in [-0.2, -0.15) is 0 Å². The number of carbonyl (C=O) groups is 5. The fourth-order valence-corrected chi connectivity index (χ4v) is 12.2. The number of nitrogens with zero attached hydrogens (tertiary/aromatic N) is 4. The van der Waals surface area contributed by atoms with Crippen LogP contribution in [-0.4, -0.2) is 107 Å². The summed E-state index contributed by atoms with van der Waals surface area (Å²) < 4.78 is 46.6. The summed E-state index contributed by atoms with van der Waals surface area (Å²) in [5.74, 6) is -1.22. The summed E-state index contributed by atoms with van der Waals surface area (Å²) in [4.78, 5) is 72.0. The minimum atomic E-state index is -3.01. The first-order valence-electron chi connectivity index (χ1n) is 22.9. The second kappa shape index (κ2) is 24.0. The van der Waals surface area contributed by atoms with E-state index in [0.29, 0.717) is 59.2 Å². The van der Waals surface area contributed by atoms with E-state index in [4.69, 9.17) is 20.4 Å². The number of carboxylic acid groups (broad SMARTS) is 2. The van der Waals surface area contributed by atoms with Gasteiger partial charge < -0.3 is 41.0 Å². The van der Waals surface area contributed by atoms with E-state index in [0.717, 1.165) is 66.4 Å². The van der Waals surface area contributed by atoms with Crippen LogP contribution in [0.4, 0.5) is 20.6 Å². The van der Waals surface area contributed by atoms with E-state index in [-0.39, 0.29) is 64.7 Å². The van der Waals surface area contributed by atoms with Crippen molar-refractivity contribution < 1.29 is 52.4 Å². The molecule has 70 heavy (non-hydrogen) atoms. The zero-order chi connectivity index (χ0) is 51.5. The summed E-state index contributed by atoms with van der Waals surface area (Å²) in [5, 5.41) is 21.6. The first-order valence-corrected chi connectivity index (χ1v) is 25.4. The number of likely N-dealkylation sites (tertiary alicyclic amines) is 1. The van der Waals surface area contributed by atoms with Crippen LogP contribution in [-0.2, 0) is 27.2 Å². The molecule has 1 atom stereocenters. The van der Waals surface area contributed by atoms with Gasteiger partial charge in [0.25, 0.3) is 6.47 Å². The molecule has 18 nitrogen and oxygen atoms in total. The van der Waals surface area contributed by atoms with Crippen molar-refractivity contribution in [2.45, 2.75) is 95.9 Å². The van der Waals surface area contributed by atoms with Crippen molar-refractivity contribution in [1.82, 2.24) is 23.7 Å². The van der Waals surface area contributed by atoms with Gasteiger partial charge in [0.2, 0.25) is 5.91 Å². The molecule has 21 heteroatoms. The van der Waals surface area contributed by atoms with Gasteiger partial charge in [0.15, 0.2) is 10.7 Å². The van der Waals surface area contributed by atoms with Gasteiger partial charge >= 0.3 is 17.7 Å². The Morgan fingerprint density at radius 3 is 2.34 bits per heavy atom. The number of benzene rings is 3. The second-order valence-corrected chi connectivity index (χ2v) is 20.7. The van der Waals surface area contributed by atoms with Crippen molar-refractivity contribution in [2.24, 2.45) is 7.05 Å². The highest BCUT2D eigenvalue weighted by Gasteiger charge is 2.38. The van der Waals surface area contributed by atoms with Crippen LogP contribution in [0.25, 0.3) is 21.5 Å². The molecule has 4 heterocycles. The molecule has 380 valence electrons. The Hall–Kier alpha value is -6.26. The van der Waals surface area contributed by atoms with E-state index in [9.17, 15) is 42.6 Å². The third-order valence-electron chi connectivity index (χ3n) is 12.6. The Bertz CT molecular complexity index is 2730. The molecule has 0 bridgehead atoms. The third kappa shape index (κ3) is 12.7. The number of aryl methyl sites for hydroxylation is 1. The smallest absolute Gasteiger partial charge is 0.349 e. The number of carbonyl (C=O) groups excluding carboxylic acids is 3. The molecule has 2 aliphatic heterocycles. The molecule has 0 radical (unpaired) electrons. The number of hydrogen-bond acceptors (Lipinski definition) is 12. The van der Waals surface area contributed by atoms with Gasteiger partial charge in [-0.3, -0.25) is 27.8 Å². The molecule has 5 aromatic rings. The average molecular weight is 1010 g/mol. The van der Waals surface area contributed by atoms with Crippen LogP contribution in [0.1, 0.15) is 104 Å². The maximum Gasteiger partial charge on any atom is 0.349 e. The van der Waals surface area contributed by atoms with Crippen LogP contribution in [0.5, 0.6) is 5.75 Å². The lowest BCUT2D eigenvalue weighted by Crippen LogP contribution is -2.48. The molecule has 2 fully saturated rings. The normalized spacial score (nSPS) is 15.6. The molecule has 7 rings (SSSR count). The minimum Gasteiger partial charge on any atom is -0.492 e. The molecule has 0 aliphatic carbocycles. The fraction of sp³-hybridized carbons (Fsp3) is 0.429. The fourth-order valence-electron chi connectivity index (χ4n) is 9.00. The van der Waals surface area contributed by atoms with Gasteiger partial charge in [0.05, 0.1) is 35.1 Å². The molecule has 2 saturated heterocycles. The number of amides is 3. The number of ether oxygens (including phenoxy) is 1. The lowest BCUT2D eigenvalue weighted by atomic mass is 9.89. The molecule has 2 aliphatic rings. The molecular weight excluding hydrogens is 946 g/mol. The number of aromatic nitrogens is 2. The van der Waals surface area contributed by atoms with Gasteiger partial charge in [-0.05, 0) is 107 Å². The Morgan fingerprint density at radius 1 is 1.03 bits per heavy atom. The summed E-state index contributed by atoms with van der Waals surface area (Å²) in [5.41, 5.74) is 9.72. The highest BCUT2D eigenvalue weighted by atomic mass is 32.3. The van der Waals surface area contributed by atoms with Gasteiger partial charge in [0.1, 0.15) is 12.0 Å². The number of anilines is 2. The number of aromatic carboxylic acids is 1. The Morgan fingerprint density at radius 2 is 1.71 bits per heavy atom. The van der Waals surface area contributed by atoms with Crippen molar-refractivity contribution in [2.75, 3.05) is 44.3 Å². The van der Waals surface area contributed by atoms with Crippen molar-refractivity contribution >= 4 is 75.2 Å². The number of hydrogen-bond donors (Lipinski definition) is 7. The Kier molecular flexibility index (Phi) is 18.8. The zero-order valence-electron chi connectivity index (χ0n) is 40.3. The monoisotopic (exact) mass is 1010 g/mol. The molecular formula is C49H64FN7O11S2. The van der Waals surface area contributed by atoms with Crippen molar-refractivity contribution in [1.29, 1.82) is 0 Å². The molecule has 0 spiro atoms. The van der Waals surface area contributed by atoms with Crippen LogP contribution < -0.4 is 26.8 Å². The number of aldehydes is 1. The highest BCUT2D eigenvalue weighted by Crippen LogP contribution is 2.53. The van der Waals surface area contributed by atoms with Gasteiger partial charge in [-0.1, -0.05) is 36.8 Å². The quantitative estimate of drug-likeness (QED) is 0.0406. The molecule has 0 saturated carbocycles. The maximum atomic E-state index is 14.1. The van der Waals surface area contributed by atoms with Crippen LogP contribution in [0.3, 0.4) is 0 Å². The standard InChI is InChI=1S/C34H48N6O6S.C14H14FNO3S.CH2O2/c1-34(2)16-5-6-17-39(34)47(45,46)23-24-8-7-9-27(20-24)36-32(43)38-18-14-25(15-19-38)26-10-12-29-30(21-26)37(4)33(44)40(29)28(22-41)11-13-31(42)35-3;1-3-19-11-7(2)12(20-13(11)14(17)18)8-5-4-6-9(16)10(8)15;2-1-3/h7-10,12,20-22,25,28,45-46H,5-6,11,13-19,23H2,1-4H3,(H,35,42)(H,36,43);4-6H,3,16H2,1-2H3,(H,17,18);1H,(H,2,3). The number of nitrogens with two attached hydrogens (primary N) is 1. The summed E-state index contributed by atoms with van der Waals surface area (Å²) in [7, 11) is 0.211. The zero-order valence-corrected chi connectivity index (χ0v) is 41.9. The number of rotatable bonds is 14. The van der Waals surface area contributed by atoms with Gasteiger partial charge in [-0.25, -0.2) is 23.1 Å². The number of halogens is 1. The van der Waals surface area contributed by atoms with E-state index < -0.39 is 28.6 Å². The van der Waals surface area contributed by atoms with Crippen molar-refractivity contribution in [3.05, 3.63) is 98.5 Å². The number of nitrogens with one attached hydrogen (secondary N) is 2. The third-order valence-corrected chi connectivity index (χ3v) is 16.0. The average Bonchev–Trinajstić information content (AvgIpc) is 3.78. The molecule has 8 N–H and O–H groups in total. The molecule has 3 aromatic carbocycles. The van der Waals surface area contributed by atoms with E-state index in [1.54, 1.807) is 42.5 Å². The largest absolute Gasteiger partial charge is 0.492 e. The summed E-state index contributed by atoms with van der Waals surface area (Å²) in [6.45, 7) is 9.46. The molecule has 1 unspecified atom stereocenters. The SMILES string of the molecule is CCOc1c(C(=O)O)sc(-c2cccc(N)c2F)c1C.CNC(=O)CCC(C=O)n1c(=O)n(C)c2cc(C3CCN(C(=O)Nc4cccc(CS(O)(O)N5CCCCC5(C)C)c4)CC3)ccc21.O=CO. The van der Waals surface area contributed by atoms with E-state index in [1.807, 2.05) is 46.8 Å². The van der Waals surface area contributed by atoms with Crippen LogP contribution in [0.2, 0.25) is 0 Å². The van der Waals surface area contributed by atoms with Gasteiger partial charge in [-0.15, -0.1) is 22.1 Å². The van der Waals surface area contributed by atoms with Crippen LogP contribution >= 0.6 is 22.1 Å². The van der Waals surface area contributed by atoms with E-state index >= 15 is 0 Å². The van der Waals surface area contributed by atoms with Crippen LogP contribution in [0.15, 0.2) is 65.5 Å². The van der Waals surface area contributed by atoms with Crippen LogP contribution in [0, 0.1) is 12.7 Å². The summed E-state index contributed by atoms with van der Waals surface area (Å²) in [6, 6.07) is 16.9. The van der Waals surface area contributed by atoms with Gasteiger partial charge in [0, 0.05) is 67.4 Å². The Balaban J connectivity index is 0.000000329. The lowest BCUT2D eigenvalue weighted by Gasteiger charge is -2.53. The Labute approximate surface area is 411 Å². The number of urea groups is 1. The summed E-state index contributed by atoms with van der Waals surface area (Å²) in [6.07, 6.45) is 5.54. The number of piperidine rings is 2. The predicted molar refractivity (Wildman–Crippen MR) is 271 cm³/mol. The summed E-state index contributed by atoms with van der Waals surface area (Å²) >= 11 is 0.990. The number of nitrogen functional groups attached to an aromatic ring is 1. The van der Waals surface area contributed by atoms with E-state index in [2.05, 4.69) is 24.5 Å². The maximum absolute atomic E-state index is 14.1. The minimum absolute atomic E-state index is 0.0325. The second-order valence-electron chi connectivity index (χ2n) is 17.7. The lowest BCUT2D eigenvalue weighted by molar-refractivity contribution is -0.123. The van der Waals surface area contributed by atoms with Crippen molar-refractivity contribution in [3.63, 3.8) is 0 Å². The van der Waals surface area contributed by atoms with E-state index in [1.165, 1.54) is 17.7 Å². The number of fused-ring (bicyclic) bond motifs is 1.